The molecule has 0 fully saturated rings. The van der Waals surface area contributed by atoms with Gasteiger partial charge in [-0.2, -0.15) is 0 Å². The highest BCUT2D eigenvalue weighted by Gasteiger charge is 2.14. The standard InChI is InChI=1S/C14H18N4S/c1-4-19-12-7-5-6-11(13(12)14(15)16)18-8-17-9(2)10(18)3/h5-8H,4H2,1-3H3,(H3,15,16). The zero-order valence-corrected chi connectivity index (χ0v) is 12.2. The summed E-state index contributed by atoms with van der Waals surface area (Å²) in [5.41, 5.74) is 9.54. The van der Waals surface area contributed by atoms with Crippen molar-refractivity contribution in [2.45, 2.75) is 25.7 Å². The average Bonchev–Trinajstić information content (AvgIpc) is 2.70. The van der Waals surface area contributed by atoms with E-state index in [-0.39, 0.29) is 5.84 Å². The molecule has 1 aromatic heterocycles. The molecule has 0 radical (unpaired) electrons. The van der Waals surface area contributed by atoms with E-state index in [0.717, 1.165) is 33.3 Å². The minimum Gasteiger partial charge on any atom is -0.384 e. The lowest BCUT2D eigenvalue weighted by Gasteiger charge is -2.14. The minimum absolute atomic E-state index is 0.0947. The largest absolute Gasteiger partial charge is 0.384 e. The number of imidazole rings is 1. The Balaban J connectivity index is 2.66. The van der Waals surface area contributed by atoms with Crippen molar-refractivity contribution >= 4 is 17.6 Å². The van der Waals surface area contributed by atoms with Gasteiger partial charge in [-0.1, -0.05) is 13.0 Å². The lowest BCUT2D eigenvalue weighted by atomic mass is 10.1. The van der Waals surface area contributed by atoms with Gasteiger partial charge in [0.1, 0.15) is 5.84 Å². The molecule has 1 aromatic carbocycles. The third-order valence-electron chi connectivity index (χ3n) is 3.08. The van der Waals surface area contributed by atoms with Crippen LogP contribution in [0.4, 0.5) is 0 Å². The van der Waals surface area contributed by atoms with Crippen LogP contribution in [0, 0.1) is 19.3 Å². The highest BCUT2D eigenvalue weighted by molar-refractivity contribution is 7.99. The summed E-state index contributed by atoms with van der Waals surface area (Å²) in [4.78, 5) is 5.35. The van der Waals surface area contributed by atoms with Gasteiger partial charge in [0.15, 0.2) is 0 Å². The van der Waals surface area contributed by atoms with Gasteiger partial charge in [-0.3, -0.25) is 5.41 Å². The highest BCUT2D eigenvalue weighted by Crippen LogP contribution is 2.28. The third kappa shape index (κ3) is 2.51. The van der Waals surface area contributed by atoms with E-state index in [0.29, 0.717) is 0 Å². The van der Waals surface area contributed by atoms with E-state index < -0.39 is 0 Å². The number of aryl methyl sites for hydroxylation is 1. The average molecular weight is 274 g/mol. The molecular weight excluding hydrogens is 256 g/mol. The Hall–Kier alpha value is -1.75. The molecule has 0 saturated carbocycles. The molecule has 2 rings (SSSR count). The van der Waals surface area contributed by atoms with Crippen molar-refractivity contribution in [1.82, 2.24) is 9.55 Å². The number of hydrogen-bond acceptors (Lipinski definition) is 3. The number of rotatable bonds is 4. The maximum Gasteiger partial charge on any atom is 0.126 e. The monoisotopic (exact) mass is 274 g/mol. The molecule has 0 unspecified atom stereocenters. The van der Waals surface area contributed by atoms with Crippen molar-refractivity contribution in [3.63, 3.8) is 0 Å². The van der Waals surface area contributed by atoms with Gasteiger partial charge in [0, 0.05) is 10.6 Å². The first-order chi connectivity index (χ1) is 9.06. The van der Waals surface area contributed by atoms with Crippen LogP contribution in [0.25, 0.3) is 5.69 Å². The first-order valence-electron chi connectivity index (χ1n) is 6.17. The minimum atomic E-state index is 0.0947. The van der Waals surface area contributed by atoms with Gasteiger partial charge >= 0.3 is 0 Å². The van der Waals surface area contributed by atoms with Crippen LogP contribution >= 0.6 is 11.8 Å². The van der Waals surface area contributed by atoms with E-state index in [2.05, 4.69) is 11.9 Å². The normalized spacial score (nSPS) is 10.7. The Kier molecular flexibility index (Phi) is 3.95. The van der Waals surface area contributed by atoms with Crippen LogP contribution in [0.2, 0.25) is 0 Å². The molecule has 3 N–H and O–H groups in total. The second-order valence-corrected chi connectivity index (χ2v) is 5.59. The molecule has 19 heavy (non-hydrogen) atoms. The summed E-state index contributed by atoms with van der Waals surface area (Å²) < 4.78 is 1.99. The highest BCUT2D eigenvalue weighted by atomic mass is 32.2. The zero-order valence-electron chi connectivity index (χ0n) is 11.4. The quantitative estimate of drug-likeness (QED) is 0.512. The van der Waals surface area contributed by atoms with E-state index in [4.69, 9.17) is 11.1 Å². The maximum atomic E-state index is 7.85. The SMILES string of the molecule is CCSc1cccc(-n2cnc(C)c2C)c1C(=N)N. The van der Waals surface area contributed by atoms with Crippen molar-refractivity contribution in [2.24, 2.45) is 5.73 Å². The molecule has 0 aliphatic heterocycles. The Morgan fingerprint density at radius 2 is 2.16 bits per heavy atom. The van der Waals surface area contributed by atoms with Gasteiger partial charge in [0.05, 0.1) is 23.3 Å². The maximum absolute atomic E-state index is 7.85. The van der Waals surface area contributed by atoms with Crippen molar-refractivity contribution < 1.29 is 0 Å². The van der Waals surface area contributed by atoms with Gasteiger partial charge in [-0.15, -0.1) is 11.8 Å². The van der Waals surface area contributed by atoms with Crippen LogP contribution in [0.5, 0.6) is 0 Å². The van der Waals surface area contributed by atoms with Crippen molar-refractivity contribution in [1.29, 1.82) is 5.41 Å². The first-order valence-corrected chi connectivity index (χ1v) is 7.16. The van der Waals surface area contributed by atoms with Crippen LogP contribution in [-0.4, -0.2) is 21.1 Å². The van der Waals surface area contributed by atoms with Crippen LogP contribution in [0.3, 0.4) is 0 Å². The van der Waals surface area contributed by atoms with Gasteiger partial charge in [0.25, 0.3) is 0 Å². The number of thioether (sulfide) groups is 1. The topological polar surface area (TPSA) is 67.7 Å². The van der Waals surface area contributed by atoms with Crippen LogP contribution in [0.15, 0.2) is 29.4 Å². The van der Waals surface area contributed by atoms with E-state index in [1.807, 2.05) is 36.6 Å². The molecule has 0 bridgehead atoms. The molecule has 0 aliphatic rings. The Morgan fingerprint density at radius 3 is 2.68 bits per heavy atom. The van der Waals surface area contributed by atoms with E-state index in [1.165, 1.54) is 0 Å². The number of amidine groups is 1. The van der Waals surface area contributed by atoms with E-state index in [1.54, 1.807) is 18.1 Å². The van der Waals surface area contributed by atoms with Gasteiger partial charge in [-0.05, 0) is 31.7 Å². The molecule has 2 aromatic rings. The summed E-state index contributed by atoms with van der Waals surface area (Å²) in [6.45, 7) is 6.09. The fraction of sp³-hybridized carbons (Fsp3) is 0.286. The van der Waals surface area contributed by atoms with Crippen molar-refractivity contribution in [2.75, 3.05) is 5.75 Å². The summed E-state index contributed by atoms with van der Waals surface area (Å²) in [6, 6.07) is 5.98. The summed E-state index contributed by atoms with van der Waals surface area (Å²) in [7, 11) is 0. The number of nitrogens with one attached hydrogen (secondary N) is 1. The van der Waals surface area contributed by atoms with Crippen molar-refractivity contribution in [3.8, 4) is 5.69 Å². The molecular formula is C14H18N4S. The fourth-order valence-electron chi connectivity index (χ4n) is 2.01. The molecule has 0 spiro atoms. The van der Waals surface area contributed by atoms with E-state index in [9.17, 15) is 0 Å². The van der Waals surface area contributed by atoms with Gasteiger partial charge in [-0.25, -0.2) is 4.98 Å². The number of aromatic nitrogens is 2. The summed E-state index contributed by atoms with van der Waals surface area (Å²) in [5, 5.41) is 7.85. The Morgan fingerprint density at radius 1 is 1.42 bits per heavy atom. The first kappa shape index (κ1) is 13.7. The molecule has 0 saturated heterocycles. The van der Waals surface area contributed by atoms with Crippen molar-refractivity contribution in [3.05, 3.63) is 41.5 Å². The molecule has 0 atom stereocenters. The number of nitrogens with two attached hydrogens (primary N) is 1. The second-order valence-electron chi connectivity index (χ2n) is 4.28. The number of nitrogens with zero attached hydrogens (tertiary/aromatic N) is 2. The Bertz CT molecular complexity index is 616. The molecule has 0 amide bonds. The lowest BCUT2D eigenvalue weighted by molar-refractivity contribution is 0.988. The van der Waals surface area contributed by atoms with Crippen LogP contribution in [-0.2, 0) is 0 Å². The number of hydrogen-bond donors (Lipinski definition) is 2. The Labute approximate surface area is 117 Å². The predicted octanol–water partition coefficient (Wildman–Crippen LogP) is 2.89. The number of nitrogen functional groups attached to an aromatic ring is 1. The van der Waals surface area contributed by atoms with Crippen LogP contribution in [0.1, 0.15) is 23.9 Å². The lowest BCUT2D eigenvalue weighted by Crippen LogP contribution is -2.16. The molecule has 1 heterocycles. The zero-order chi connectivity index (χ0) is 14.0. The third-order valence-corrected chi connectivity index (χ3v) is 4.02. The van der Waals surface area contributed by atoms with Gasteiger partial charge in [0.2, 0.25) is 0 Å². The van der Waals surface area contributed by atoms with Crippen LogP contribution < -0.4 is 5.73 Å². The summed E-state index contributed by atoms with van der Waals surface area (Å²) >= 11 is 1.70. The van der Waals surface area contributed by atoms with E-state index >= 15 is 0 Å². The molecule has 4 nitrogen and oxygen atoms in total. The predicted molar refractivity (Wildman–Crippen MR) is 80.5 cm³/mol. The number of benzene rings is 1. The molecule has 100 valence electrons. The molecule has 0 aliphatic carbocycles. The second kappa shape index (κ2) is 5.48. The summed E-state index contributed by atoms with van der Waals surface area (Å²) in [5.74, 6) is 1.04. The molecule has 5 heteroatoms. The smallest absolute Gasteiger partial charge is 0.126 e. The fourth-order valence-corrected chi connectivity index (χ4v) is 2.85. The van der Waals surface area contributed by atoms with Gasteiger partial charge < -0.3 is 10.3 Å². The summed E-state index contributed by atoms with van der Waals surface area (Å²) in [6.07, 6.45) is 1.78.